The van der Waals surface area contributed by atoms with E-state index in [1.165, 1.54) is 6.26 Å². The quantitative estimate of drug-likeness (QED) is 0.807. The molecule has 1 heterocycles. The Balaban J connectivity index is 1.57. The van der Waals surface area contributed by atoms with E-state index in [-0.39, 0.29) is 11.7 Å². The predicted molar refractivity (Wildman–Crippen MR) is 104 cm³/mol. The van der Waals surface area contributed by atoms with E-state index in [0.717, 1.165) is 11.1 Å². The second-order valence-corrected chi connectivity index (χ2v) is 8.97. The summed E-state index contributed by atoms with van der Waals surface area (Å²) in [5.41, 5.74) is 2.91. The van der Waals surface area contributed by atoms with Crippen molar-refractivity contribution in [3.63, 3.8) is 0 Å². The number of nitrogens with zero attached hydrogens (tertiary/aromatic N) is 2. The minimum absolute atomic E-state index is 0.0346. The molecule has 2 aromatic carbocycles. The van der Waals surface area contributed by atoms with Gasteiger partial charge in [0.25, 0.3) is 5.91 Å². The van der Waals surface area contributed by atoms with E-state index >= 15 is 0 Å². The van der Waals surface area contributed by atoms with E-state index in [1.54, 1.807) is 0 Å². The zero-order valence-electron chi connectivity index (χ0n) is 15.0. The first-order valence-corrected chi connectivity index (χ1v) is 10.8. The van der Waals surface area contributed by atoms with Crippen molar-refractivity contribution < 1.29 is 13.2 Å². The summed E-state index contributed by atoms with van der Waals surface area (Å²) in [6.07, 6.45) is 1.26. The molecule has 1 saturated heterocycles. The lowest BCUT2D eigenvalue weighted by Crippen LogP contribution is -2.49. The van der Waals surface area contributed by atoms with Gasteiger partial charge in [-0.05, 0) is 23.3 Å². The molecule has 0 aromatic heterocycles. The van der Waals surface area contributed by atoms with E-state index in [1.807, 2.05) is 59.5 Å². The fourth-order valence-corrected chi connectivity index (χ4v) is 3.68. The lowest BCUT2D eigenvalue weighted by molar-refractivity contribution is 0.0644. The highest BCUT2D eigenvalue weighted by Gasteiger charge is 2.22. The minimum Gasteiger partial charge on any atom is -0.336 e. The molecule has 0 spiro atoms. The predicted octanol–water partition coefficient (Wildman–Crippen LogP) is 2.16. The first-order valence-electron chi connectivity index (χ1n) is 8.77. The summed E-state index contributed by atoms with van der Waals surface area (Å²) in [5.74, 6) is 0.203. The highest BCUT2D eigenvalue weighted by molar-refractivity contribution is 7.90. The van der Waals surface area contributed by atoms with Gasteiger partial charge in [0.2, 0.25) is 0 Å². The van der Waals surface area contributed by atoms with Gasteiger partial charge in [-0.15, -0.1) is 0 Å². The van der Waals surface area contributed by atoms with Crippen molar-refractivity contribution in [2.24, 2.45) is 0 Å². The molecule has 0 N–H and O–H groups in total. The Morgan fingerprint density at radius 3 is 2.04 bits per heavy atom. The summed E-state index contributed by atoms with van der Waals surface area (Å²) in [7, 11) is -2.95. The van der Waals surface area contributed by atoms with Gasteiger partial charge in [-0.1, -0.05) is 42.5 Å². The lowest BCUT2D eigenvalue weighted by atomic mass is 10.0. The van der Waals surface area contributed by atoms with Gasteiger partial charge in [-0.25, -0.2) is 8.42 Å². The normalized spacial score (nSPS) is 15.8. The topological polar surface area (TPSA) is 57.7 Å². The van der Waals surface area contributed by atoms with Crippen LogP contribution < -0.4 is 0 Å². The highest BCUT2D eigenvalue weighted by atomic mass is 32.2. The van der Waals surface area contributed by atoms with Gasteiger partial charge < -0.3 is 4.90 Å². The Morgan fingerprint density at radius 1 is 0.885 bits per heavy atom. The third kappa shape index (κ3) is 4.93. The van der Waals surface area contributed by atoms with Crippen LogP contribution in [0, 0.1) is 0 Å². The van der Waals surface area contributed by atoms with Crippen LogP contribution >= 0.6 is 0 Å². The number of hydrogen-bond acceptors (Lipinski definition) is 4. The van der Waals surface area contributed by atoms with Crippen LogP contribution in [0.1, 0.15) is 10.4 Å². The average Bonchev–Trinajstić information content (AvgIpc) is 2.66. The van der Waals surface area contributed by atoms with Crippen molar-refractivity contribution >= 4 is 15.7 Å². The van der Waals surface area contributed by atoms with Crippen LogP contribution in [0.25, 0.3) is 11.1 Å². The van der Waals surface area contributed by atoms with Gasteiger partial charge in [0.15, 0.2) is 0 Å². The van der Waals surface area contributed by atoms with Crippen LogP contribution in [-0.4, -0.2) is 68.9 Å². The zero-order valence-corrected chi connectivity index (χ0v) is 15.8. The molecule has 0 unspecified atom stereocenters. The molecule has 138 valence electrons. The number of piperazine rings is 1. The number of carbonyl (C=O) groups is 1. The van der Waals surface area contributed by atoms with E-state index in [2.05, 4.69) is 4.90 Å². The summed E-state index contributed by atoms with van der Waals surface area (Å²) in [5, 5.41) is 0. The second-order valence-electron chi connectivity index (χ2n) is 6.71. The number of hydrogen-bond donors (Lipinski definition) is 0. The number of rotatable bonds is 5. The fourth-order valence-electron chi connectivity index (χ4n) is 3.09. The van der Waals surface area contributed by atoms with Crippen molar-refractivity contribution in [1.29, 1.82) is 0 Å². The molecule has 26 heavy (non-hydrogen) atoms. The van der Waals surface area contributed by atoms with Crippen molar-refractivity contribution in [1.82, 2.24) is 9.80 Å². The number of benzene rings is 2. The SMILES string of the molecule is CS(=O)(=O)CCN1CCN(C(=O)c2ccc(-c3ccccc3)cc2)CC1. The molecule has 1 aliphatic rings. The zero-order chi connectivity index (χ0) is 18.6. The molecule has 0 atom stereocenters. The Labute approximate surface area is 155 Å². The van der Waals surface area contributed by atoms with Gasteiger partial charge in [-0.3, -0.25) is 9.69 Å². The molecule has 3 rings (SSSR count). The maximum atomic E-state index is 12.7. The molecule has 0 aliphatic carbocycles. The van der Waals surface area contributed by atoms with Crippen LogP contribution in [0.2, 0.25) is 0 Å². The van der Waals surface area contributed by atoms with Crippen molar-refractivity contribution in [2.45, 2.75) is 0 Å². The summed E-state index contributed by atoms with van der Waals surface area (Å²) in [6.45, 7) is 3.21. The maximum Gasteiger partial charge on any atom is 0.253 e. The highest BCUT2D eigenvalue weighted by Crippen LogP contribution is 2.20. The lowest BCUT2D eigenvalue weighted by Gasteiger charge is -2.34. The van der Waals surface area contributed by atoms with Crippen LogP contribution in [0.3, 0.4) is 0 Å². The van der Waals surface area contributed by atoms with Crippen LogP contribution in [0.15, 0.2) is 54.6 Å². The molecule has 6 heteroatoms. The van der Waals surface area contributed by atoms with Gasteiger partial charge in [0.1, 0.15) is 9.84 Å². The van der Waals surface area contributed by atoms with Crippen molar-refractivity contribution in [3.8, 4) is 11.1 Å². The first-order chi connectivity index (χ1) is 12.4. The standard InChI is InChI=1S/C20H24N2O3S/c1-26(24,25)16-15-21-11-13-22(14-12-21)20(23)19-9-7-18(8-10-19)17-5-3-2-4-6-17/h2-10H,11-16H2,1H3. The molecule has 2 aromatic rings. The number of carbonyl (C=O) groups excluding carboxylic acids is 1. The molecule has 1 aliphatic heterocycles. The average molecular weight is 372 g/mol. The van der Waals surface area contributed by atoms with Crippen molar-refractivity contribution in [2.75, 3.05) is 44.7 Å². The second kappa shape index (κ2) is 8.01. The molecule has 0 saturated carbocycles. The van der Waals surface area contributed by atoms with Gasteiger partial charge in [0, 0.05) is 44.5 Å². The molecule has 0 bridgehead atoms. The Bertz CT molecular complexity index is 840. The van der Waals surface area contributed by atoms with E-state index in [4.69, 9.17) is 0 Å². The first kappa shape index (κ1) is 18.6. The van der Waals surface area contributed by atoms with E-state index < -0.39 is 9.84 Å². The number of amides is 1. The fraction of sp³-hybridized carbons (Fsp3) is 0.350. The van der Waals surface area contributed by atoms with Gasteiger partial charge >= 0.3 is 0 Å². The van der Waals surface area contributed by atoms with Crippen LogP contribution in [-0.2, 0) is 9.84 Å². The molecule has 1 amide bonds. The molecular formula is C20H24N2O3S. The van der Waals surface area contributed by atoms with Crippen LogP contribution in [0.4, 0.5) is 0 Å². The Hall–Kier alpha value is -2.18. The van der Waals surface area contributed by atoms with Crippen LogP contribution in [0.5, 0.6) is 0 Å². The Morgan fingerprint density at radius 2 is 1.46 bits per heavy atom. The smallest absolute Gasteiger partial charge is 0.253 e. The Kier molecular flexibility index (Phi) is 5.74. The number of sulfone groups is 1. The van der Waals surface area contributed by atoms with E-state index in [0.29, 0.717) is 38.3 Å². The molecule has 5 nitrogen and oxygen atoms in total. The molecular weight excluding hydrogens is 348 g/mol. The molecule has 0 radical (unpaired) electrons. The third-order valence-corrected chi connectivity index (χ3v) is 5.60. The van der Waals surface area contributed by atoms with Gasteiger partial charge in [0.05, 0.1) is 5.75 Å². The monoisotopic (exact) mass is 372 g/mol. The van der Waals surface area contributed by atoms with E-state index in [9.17, 15) is 13.2 Å². The van der Waals surface area contributed by atoms with Gasteiger partial charge in [-0.2, -0.15) is 0 Å². The summed E-state index contributed by atoms with van der Waals surface area (Å²) < 4.78 is 22.5. The summed E-state index contributed by atoms with van der Waals surface area (Å²) >= 11 is 0. The molecule has 1 fully saturated rings. The largest absolute Gasteiger partial charge is 0.336 e. The summed E-state index contributed by atoms with van der Waals surface area (Å²) in [6, 6.07) is 17.8. The van der Waals surface area contributed by atoms with Crippen molar-refractivity contribution in [3.05, 3.63) is 60.2 Å². The minimum atomic E-state index is -2.95. The maximum absolute atomic E-state index is 12.7. The summed E-state index contributed by atoms with van der Waals surface area (Å²) in [4.78, 5) is 16.6. The third-order valence-electron chi connectivity index (χ3n) is 4.68.